The van der Waals surface area contributed by atoms with Crippen LogP contribution >= 0.6 is 0 Å². The van der Waals surface area contributed by atoms with Gasteiger partial charge in [-0.3, -0.25) is 14.6 Å². The molecule has 1 saturated heterocycles. The Morgan fingerprint density at radius 3 is 2.51 bits per heavy atom. The summed E-state index contributed by atoms with van der Waals surface area (Å²) >= 11 is 0. The predicted octanol–water partition coefficient (Wildman–Crippen LogP) is 3.43. The van der Waals surface area contributed by atoms with Crippen molar-refractivity contribution in [1.82, 2.24) is 29.8 Å². The molecule has 202 valence electrons. The number of likely N-dealkylation sites (tertiary alicyclic amines) is 1. The number of carbonyl (C=O) groups is 2. The van der Waals surface area contributed by atoms with Crippen LogP contribution in [0.5, 0.6) is 0 Å². The van der Waals surface area contributed by atoms with Gasteiger partial charge < -0.3 is 16.0 Å². The Morgan fingerprint density at radius 1 is 1.10 bits per heavy atom. The molecule has 1 aromatic carbocycles. The van der Waals surface area contributed by atoms with Crippen LogP contribution < -0.4 is 11.1 Å². The molecule has 0 aliphatic carbocycles. The molecule has 3 aromatic heterocycles. The van der Waals surface area contributed by atoms with Crippen LogP contribution in [0.15, 0.2) is 48.9 Å². The Labute approximate surface area is 217 Å². The number of carbonyl (C=O) groups excluding carboxylic acids is 2. The minimum absolute atomic E-state index is 0.00597. The van der Waals surface area contributed by atoms with E-state index in [9.17, 15) is 31.5 Å². The van der Waals surface area contributed by atoms with E-state index in [-0.39, 0.29) is 47.0 Å². The van der Waals surface area contributed by atoms with E-state index >= 15 is 0 Å². The lowest BCUT2D eigenvalue weighted by Gasteiger charge is -2.17. The van der Waals surface area contributed by atoms with Crippen LogP contribution in [-0.2, 0) is 6.18 Å². The van der Waals surface area contributed by atoms with E-state index in [4.69, 9.17) is 5.73 Å². The van der Waals surface area contributed by atoms with Crippen LogP contribution in [0.1, 0.15) is 32.0 Å². The van der Waals surface area contributed by atoms with Gasteiger partial charge in [0.1, 0.15) is 23.8 Å². The number of aromatic nitrogens is 4. The van der Waals surface area contributed by atoms with Crippen LogP contribution in [0.4, 0.5) is 27.8 Å². The minimum Gasteiger partial charge on any atom is -0.382 e. The number of anilines is 1. The van der Waals surface area contributed by atoms with Crippen LogP contribution in [0.25, 0.3) is 16.8 Å². The zero-order valence-corrected chi connectivity index (χ0v) is 20.2. The molecule has 1 aliphatic heterocycles. The third-order valence-electron chi connectivity index (χ3n) is 6.46. The summed E-state index contributed by atoms with van der Waals surface area (Å²) < 4.78 is 70.0. The van der Waals surface area contributed by atoms with Gasteiger partial charge in [0.25, 0.3) is 11.8 Å². The molecular weight excluding hydrogens is 525 g/mol. The van der Waals surface area contributed by atoms with Crippen molar-refractivity contribution in [2.45, 2.75) is 25.3 Å². The molecule has 3 N–H and O–H groups in total. The van der Waals surface area contributed by atoms with Gasteiger partial charge in [0.2, 0.25) is 0 Å². The molecule has 1 unspecified atom stereocenters. The first kappa shape index (κ1) is 26.0. The number of nitrogens with zero attached hydrogens (tertiary/aromatic N) is 5. The number of hydrogen-bond donors (Lipinski definition) is 2. The first-order chi connectivity index (χ1) is 18.4. The van der Waals surface area contributed by atoms with Crippen molar-refractivity contribution in [1.29, 1.82) is 0 Å². The van der Waals surface area contributed by atoms with E-state index in [1.807, 2.05) is 0 Å². The highest BCUT2D eigenvalue weighted by molar-refractivity contribution is 5.97. The van der Waals surface area contributed by atoms with Gasteiger partial charge >= 0.3 is 6.18 Å². The molecular formula is C25H20F5N7O2. The molecule has 0 radical (unpaired) electrons. The largest absolute Gasteiger partial charge is 0.418 e. The van der Waals surface area contributed by atoms with Crippen molar-refractivity contribution in [2.24, 2.45) is 0 Å². The fourth-order valence-electron chi connectivity index (χ4n) is 4.48. The summed E-state index contributed by atoms with van der Waals surface area (Å²) in [4.78, 5) is 34.8. The number of nitrogens with one attached hydrogen (secondary N) is 1. The van der Waals surface area contributed by atoms with Crippen molar-refractivity contribution in [3.05, 3.63) is 77.1 Å². The van der Waals surface area contributed by atoms with Gasteiger partial charge in [-0.2, -0.15) is 18.3 Å². The zero-order chi connectivity index (χ0) is 28.1. The maximum Gasteiger partial charge on any atom is 0.418 e. The highest BCUT2D eigenvalue weighted by Gasteiger charge is 2.38. The number of benzene rings is 1. The molecule has 0 bridgehead atoms. The second-order valence-electron chi connectivity index (χ2n) is 9.02. The number of amides is 2. The van der Waals surface area contributed by atoms with Crippen LogP contribution in [0.3, 0.4) is 0 Å². The number of nitrogens with two attached hydrogens (primary N) is 1. The highest BCUT2D eigenvalue weighted by atomic mass is 19.4. The molecule has 1 fully saturated rings. The fourth-order valence-corrected chi connectivity index (χ4v) is 4.48. The lowest BCUT2D eigenvalue weighted by molar-refractivity contribution is -0.136. The van der Waals surface area contributed by atoms with Crippen molar-refractivity contribution in [2.75, 3.05) is 18.8 Å². The van der Waals surface area contributed by atoms with Crippen molar-refractivity contribution < 1.29 is 31.5 Å². The van der Waals surface area contributed by atoms with E-state index in [0.717, 1.165) is 29.0 Å². The number of pyridine rings is 1. The van der Waals surface area contributed by atoms with Crippen molar-refractivity contribution in [3.8, 4) is 11.3 Å². The summed E-state index contributed by atoms with van der Waals surface area (Å²) in [5.41, 5.74) is 4.71. The number of aryl methyl sites for hydroxylation is 1. The van der Waals surface area contributed by atoms with E-state index in [1.165, 1.54) is 36.2 Å². The van der Waals surface area contributed by atoms with Gasteiger partial charge in [-0.1, -0.05) is 0 Å². The maximum absolute atomic E-state index is 14.8. The third kappa shape index (κ3) is 4.84. The number of hydrogen-bond acceptors (Lipinski definition) is 6. The molecule has 5 rings (SSSR count). The molecule has 0 saturated carbocycles. The van der Waals surface area contributed by atoms with E-state index < -0.39 is 47.1 Å². The molecule has 0 spiro atoms. The van der Waals surface area contributed by atoms with Gasteiger partial charge in [0.15, 0.2) is 5.82 Å². The number of fused-ring (bicyclic) bond motifs is 1. The second kappa shape index (κ2) is 9.60. The quantitative estimate of drug-likeness (QED) is 0.380. The number of rotatable bonds is 4. The average molecular weight is 545 g/mol. The zero-order valence-electron chi connectivity index (χ0n) is 20.2. The summed E-state index contributed by atoms with van der Waals surface area (Å²) in [6, 6.07) is 5.90. The van der Waals surface area contributed by atoms with Crippen molar-refractivity contribution >= 4 is 23.1 Å². The fraction of sp³-hybridized carbons (Fsp3) is 0.240. The normalized spacial score (nSPS) is 17.5. The lowest BCUT2D eigenvalue weighted by Crippen LogP contribution is -2.42. The monoisotopic (exact) mass is 545 g/mol. The molecule has 14 heteroatoms. The van der Waals surface area contributed by atoms with Gasteiger partial charge in [0, 0.05) is 23.9 Å². The highest BCUT2D eigenvalue weighted by Crippen LogP contribution is 2.38. The first-order valence-corrected chi connectivity index (χ1v) is 11.6. The number of halogens is 5. The van der Waals surface area contributed by atoms with Gasteiger partial charge in [-0.25, -0.2) is 18.3 Å². The third-order valence-corrected chi connectivity index (χ3v) is 6.46. The molecule has 1 aliphatic rings. The molecule has 9 nitrogen and oxygen atoms in total. The standard InChI is InChI=1S/C25H20F5N7O2/c1-12-16(23(38)35-19-10-36(9-18(19)27)24(39)13-2-4-15(26)5-3-13)6-14(8-32-12)20-7-17(25(28,29)30)21-22(31)33-11-34-37(20)21/h2-8,11,18-19H,9-10H2,1H3,(H,35,38)(H2,31,33,34)/t18-,19?/m1/s1. The second-order valence-corrected chi connectivity index (χ2v) is 9.02. The first-order valence-electron chi connectivity index (χ1n) is 11.6. The van der Waals surface area contributed by atoms with E-state index in [2.05, 4.69) is 20.4 Å². The summed E-state index contributed by atoms with van der Waals surface area (Å²) in [6.45, 7) is 1.10. The van der Waals surface area contributed by atoms with Gasteiger partial charge in [0.05, 0.1) is 35.1 Å². The van der Waals surface area contributed by atoms with Gasteiger partial charge in [-0.15, -0.1) is 0 Å². The van der Waals surface area contributed by atoms with E-state index in [1.54, 1.807) is 0 Å². The maximum atomic E-state index is 14.8. The average Bonchev–Trinajstić information content (AvgIpc) is 3.46. The van der Waals surface area contributed by atoms with Crippen LogP contribution in [0.2, 0.25) is 0 Å². The van der Waals surface area contributed by atoms with Crippen LogP contribution in [-0.4, -0.2) is 61.6 Å². The Bertz CT molecular complexity index is 1590. The topological polar surface area (TPSA) is 119 Å². The molecule has 39 heavy (non-hydrogen) atoms. The van der Waals surface area contributed by atoms with Crippen LogP contribution in [0, 0.1) is 12.7 Å². The van der Waals surface area contributed by atoms with Crippen molar-refractivity contribution in [3.63, 3.8) is 0 Å². The smallest absolute Gasteiger partial charge is 0.382 e. The summed E-state index contributed by atoms with van der Waals surface area (Å²) in [5.74, 6) is -2.14. The minimum atomic E-state index is -4.75. The molecule has 2 atom stereocenters. The number of nitrogen functional groups attached to an aromatic ring is 1. The van der Waals surface area contributed by atoms with Gasteiger partial charge in [-0.05, 0) is 43.3 Å². The number of alkyl halides is 4. The summed E-state index contributed by atoms with van der Waals surface area (Å²) in [6.07, 6.45) is -4.06. The Balaban J connectivity index is 1.40. The Kier molecular flexibility index (Phi) is 6.40. The molecule has 2 amide bonds. The Hall–Kier alpha value is -4.62. The molecule has 4 heterocycles. The summed E-state index contributed by atoms with van der Waals surface area (Å²) in [5, 5.41) is 6.43. The SMILES string of the molecule is Cc1ncc(-c2cc(C(F)(F)F)c3c(N)ncnn23)cc1C(=O)NC1CN(C(=O)c2ccc(F)cc2)C[C@H]1F. The molecule has 4 aromatic rings. The lowest BCUT2D eigenvalue weighted by atomic mass is 10.1. The Morgan fingerprint density at radius 2 is 1.82 bits per heavy atom. The summed E-state index contributed by atoms with van der Waals surface area (Å²) in [7, 11) is 0. The van der Waals surface area contributed by atoms with E-state index in [0.29, 0.717) is 0 Å². The predicted molar refractivity (Wildman–Crippen MR) is 129 cm³/mol.